The van der Waals surface area contributed by atoms with E-state index in [1.165, 1.54) is 11.1 Å². The van der Waals surface area contributed by atoms with E-state index in [0.717, 1.165) is 12.8 Å². The third-order valence-corrected chi connectivity index (χ3v) is 6.70. The Kier molecular flexibility index (Phi) is 5.38. The minimum absolute atomic E-state index is 0.643. The summed E-state index contributed by atoms with van der Waals surface area (Å²) in [6.45, 7) is 7.37. The Morgan fingerprint density at radius 1 is 1.10 bits per heavy atom. The molecule has 0 aliphatic heterocycles. The Labute approximate surface area is 128 Å². The molecule has 106 valence electrons. The molecule has 1 atom stereocenters. The van der Waals surface area contributed by atoms with Crippen LogP contribution in [0, 0.1) is 0 Å². The van der Waals surface area contributed by atoms with Gasteiger partial charge in [0.05, 0.1) is 8.07 Å². The van der Waals surface area contributed by atoms with Crippen molar-refractivity contribution in [1.82, 2.24) is 0 Å². The van der Waals surface area contributed by atoms with Gasteiger partial charge in [0.25, 0.3) is 0 Å². The molecule has 1 heterocycles. The van der Waals surface area contributed by atoms with Gasteiger partial charge in [-0.2, -0.15) is 11.3 Å². The number of benzene rings is 1. The van der Waals surface area contributed by atoms with Crippen LogP contribution in [0.3, 0.4) is 0 Å². The molecule has 2 aromatic rings. The molecule has 1 aromatic carbocycles. The summed E-state index contributed by atoms with van der Waals surface area (Å²) < 4.78 is 0. The molecule has 2 rings (SSSR count). The minimum Gasteiger partial charge on any atom is -0.152 e. The molecule has 1 unspecified atom stereocenters. The van der Waals surface area contributed by atoms with Crippen LogP contribution in [-0.2, 0) is 6.42 Å². The fourth-order valence-electron chi connectivity index (χ4n) is 2.48. The highest BCUT2D eigenvalue weighted by atomic mass is 32.1. The molecule has 0 radical (unpaired) electrons. The lowest BCUT2D eigenvalue weighted by Crippen LogP contribution is -2.29. The summed E-state index contributed by atoms with van der Waals surface area (Å²) >= 11 is 1.81. The van der Waals surface area contributed by atoms with Crippen LogP contribution in [0.4, 0.5) is 0 Å². The second-order valence-electron chi connectivity index (χ2n) is 6.35. The van der Waals surface area contributed by atoms with Crippen LogP contribution in [0.15, 0.2) is 59.3 Å². The third-order valence-electron chi connectivity index (χ3n) is 3.61. The maximum Gasteiger partial charge on any atom is 0.0566 e. The first-order valence-corrected chi connectivity index (χ1v) is 11.8. The molecular formula is C18H24SSi. The summed E-state index contributed by atoms with van der Waals surface area (Å²) in [6.07, 6.45) is 7.11. The van der Waals surface area contributed by atoms with E-state index in [9.17, 15) is 0 Å². The molecule has 0 fully saturated rings. The van der Waals surface area contributed by atoms with Crippen LogP contribution >= 0.6 is 11.3 Å². The van der Waals surface area contributed by atoms with E-state index in [4.69, 9.17) is 0 Å². The van der Waals surface area contributed by atoms with Gasteiger partial charge in [-0.1, -0.05) is 62.1 Å². The van der Waals surface area contributed by atoms with Crippen molar-refractivity contribution in [2.45, 2.75) is 38.0 Å². The summed E-state index contributed by atoms with van der Waals surface area (Å²) in [4.78, 5) is 0. The first-order chi connectivity index (χ1) is 9.57. The van der Waals surface area contributed by atoms with Crippen molar-refractivity contribution in [1.29, 1.82) is 0 Å². The quantitative estimate of drug-likeness (QED) is 0.460. The first-order valence-electron chi connectivity index (χ1n) is 7.30. The smallest absolute Gasteiger partial charge is 0.0566 e. The van der Waals surface area contributed by atoms with Crippen LogP contribution in [0.1, 0.15) is 23.1 Å². The van der Waals surface area contributed by atoms with Crippen molar-refractivity contribution < 1.29 is 0 Å². The molecule has 0 spiro atoms. The Morgan fingerprint density at radius 3 is 2.45 bits per heavy atom. The molecule has 0 N–H and O–H groups in total. The predicted octanol–water partition coefficient (Wildman–Crippen LogP) is 5.90. The van der Waals surface area contributed by atoms with E-state index in [0.29, 0.717) is 5.54 Å². The van der Waals surface area contributed by atoms with Crippen molar-refractivity contribution >= 4 is 19.4 Å². The van der Waals surface area contributed by atoms with Gasteiger partial charge in [-0.15, -0.1) is 0 Å². The zero-order chi connectivity index (χ0) is 14.4. The van der Waals surface area contributed by atoms with Crippen LogP contribution in [0.25, 0.3) is 0 Å². The highest BCUT2D eigenvalue weighted by Crippen LogP contribution is 2.30. The first kappa shape index (κ1) is 15.3. The molecule has 0 bridgehead atoms. The normalized spacial score (nSPS) is 13.8. The largest absolute Gasteiger partial charge is 0.152 e. The van der Waals surface area contributed by atoms with Gasteiger partial charge in [-0.3, -0.25) is 0 Å². The average molecular weight is 301 g/mol. The highest BCUT2D eigenvalue weighted by molar-refractivity contribution is 7.08. The van der Waals surface area contributed by atoms with Crippen LogP contribution in [0.2, 0.25) is 19.6 Å². The number of allylic oxidation sites excluding steroid dienone is 2. The Morgan fingerprint density at radius 2 is 1.85 bits per heavy atom. The molecule has 2 heteroatoms. The number of hydrogen-bond donors (Lipinski definition) is 0. The summed E-state index contributed by atoms with van der Waals surface area (Å²) in [5, 5.41) is 4.50. The fraction of sp³-hybridized carbons (Fsp3) is 0.333. The van der Waals surface area contributed by atoms with E-state index in [1.54, 1.807) is 0 Å². The van der Waals surface area contributed by atoms with Gasteiger partial charge in [0.1, 0.15) is 0 Å². The maximum absolute atomic E-state index is 2.46. The molecule has 0 saturated carbocycles. The zero-order valence-electron chi connectivity index (χ0n) is 12.7. The lowest BCUT2D eigenvalue weighted by Gasteiger charge is -2.25. The Balaban J connectivity index is 1.97. The standard InChI is InChI=1S/C18H24SSi/c1-20(2,3)18(17-13-14-19-15-17)12-8-7-11-16-9-5-4-6-10-16/h4-6,8-10,12-15,18H,7,11H2,1-3H3/b12-8+. The second kappa shape index (κ2) is 7.05. The van der Waals surface area contributed by atoms with Crippen molar-refractivity contribution in [2.75, 3.05) is 0 Å². The monoisotopic (exact) mass is 300 g/mol. The zero-order valence-corrected chi connectivity index (χ0v) is 14.5. The Bertz CT molecular complexity index is 520. The number of rotatable bonds is 6. The maximum atomic E-state index is 2.46. The van der Waals surface area contributed by atoms with Crippen molar-refractivity contribution in [3.05, 3.63) is 70.4 Å². The summed E-state index contributed by atoms with van der Waals surface area (Å²) in [5.74, 6) is 0. The molecular weight excluding hydrogens is 276 g/mol. The van der Waals surface area contributed by atoms with Crippen molar-refractivity contribution in [3.63, 3.8) is 0 Å². The van der Waals surface area contributed by atoms with E-state index >= 15 is 0 Å². The fourth-order valence-corrected chi connectivity index (χ4v) is 5.19. The molecule has 0 saturated heterocycles. The predicted molar refractivity (Wildman–Crippen MR) is 94.3 cm³/mol. The van der Waals surface area contributed by atoms with E-state index < -0.39 is 8.07 Å². The van der Waals surface area contributed by atoms with Crippen LogP contribution in [0.5, 0.6) is 0 Å². The van der Waals surface area contributed by atoms with E-state index in [1.807, 2.05) is 11.3 Å². The van der Waals surface area contributed by atoms with Gasteiger partial charge in [0.15, 0.2) is 0 Å². The number of hydrogen-bond acceptors (Lipinski definition) is 1. The SMILES string of the molecule is C[Si](C)(C)C(/C=C/CCc1ccccc1)c1ccsc1. The third kappa shape index (κ3) is 4.46. The van der Waals surface area contributed by atoms with Gasteiger partial charge in [-0.05, 0) is 46.3 Å². The molecule has 20 heavy (non-hydrogen) atoms. The van der Waals surface area contributed by atoms with Gasteiger partial charge in [-0.25, -0.2) is 0 Å². The van der Waals surface area contributed by atoms with Gasteiger partial charge >= 0.3 is 0 Å². The number of aryl methyl sites for hydroxylation is 1. The molecule has 0 aliphatic carbocycles. The molecule has 0 aliphatic rings. The Hall–Kier alpha value is -1.12. The van der Waals surface area contributed by atoms with Crippen molar-refractivity contribution in [2.24, 2.45) is 0 Å². The van der Waals surface area contributed by atoms with Gasteiger partial charge in [0.2, 0.25) is 0 Å². The molecule has 1 aromatic heterocycles. The van der Waals surface area contributed by atoms with Gasteiger partial charge < -0.3 is 0 Å². The van der Waals surface area contributed by atoms with E-state index in [-0.39, 0.29) is 0 Å². The average Bonchev–Trinajstić information content (AvgIpc) is 2.92. The number of thiophene rings is 1. The lowest BCUT2D eigenvalue weighted by atomic mass is 10.1. The van der Waals surface area contributed by atoms with E-state index in [2.05, 4.69) is 79.0 Å². The second-order valence-corrected chi connectivity index (χ2v) is 12.5. The summed E-state index contributed by atoms with van der Waals surface area (Å²) in [7, 11) is -1.20. The molecule has 0 nitrogen and oxygen atoms in total. The molecule has 0 amide bonds. The highest BCUT2D eigenvalue weighted by Gasteiger charge is 2.25. The van der Waals surface area contributed by atoms with Gasteiger partial charge in [0, 0.05) is 0 Å². The van der Waals surface area contributed by atoms with Crippen molar-refractivity contribution in [3.8, 4) is 0 Å². The summed E-state index contributed by atoms with van der Waals surface area (Å²) in [6, 6.07) is 13.0. The lowest BCUT2D eigenvalue weighted by molar-refractivity contribution is 0.988. The van der Waals surface area contributed by atoms with Crippen LogP contribution < -0.4 is 0 Å². The van der Waals surface area contributed by atoms with Crippen LogP contribution in [-0.4, -0.2) is 8.07 Å². The summed E-state index contributed by atoms with van der Waals surface area (Å²) in [5.41, 5.74) is 3.58. The minimum atomic E-state index is -1.20. The topological polar surface area (TPSA) is 0 Å².